The molecule has 7 nitrogen and oxygen atoms in total. The van der Waals surface area contributed by atoms with Gasteiger partial charge in [0.05, 0.1) is 6.04 Å². The minimum Gasteiger partial charge on any atom is -0.409 e. The molecule has 72 valence electrons. The van der Waals surface area contributed by atoms with E-state index in [0.717, 1.165) is 0 Å². The molecule has 0 saturated carbocycles. The predicted octanol–water partition coefficient (Wildman–Crippen LogP) is -1.82. The summed E-state index contributed by atoms with van der Waals surface area (Å²) in [4.78, 5) is 0. The van der Waals surface area contributed by atoms with Crippen LogP contribution in [-0.2, 0) is 10.2 Å². The van der Waals surface area contributed by atoms with Crippen molar-refractivity contribution in [2.45, 2.75) is 13.0 Å². The fourth-order valence-corrected chi connectivity index (χ4v) is 1.14. The number of hydrogen-bond donors (Lipinski definition) is 4. The number of hydrogen-bond acceptors (Lipinski definition) is 4. The van der Waals surface area contributed by atoms with Crippen LogP contribution in [0.2, 0.25) is 0 Å². The summed E-state index contributed by atoms with van der Waals surface area (Å²) in [5.41, 5.74) is 5.12. The van der Waals surface area contributed by atoms with E-state index >= 15 is 0 Å². The van der Waals surface area contributed by atoms with Crippen molar-refractivity contribution in [2.75, 3.05) is 7.05 Å². The maximum atomic E-state index is 10.8. The molecule has 0 aliphatic heterocycles. The van der Waals surface area contributed by atoms with E-state index in [9.17, 15) is 8.42 Å². The molecule has 0 amide bonds. The Morgan fingerprint density at radius 3 is 2.50 bits per heavy atom. The maximum Gasteiger partial charge on any atom is 0.277 e. The normalized spacial score (nSPS) is 16.0. The van der Waals surface area contributed by atoms with Gasteiger partial charge in [-0.3, -0.25) is 0 Å². The molecule has 1 unspecified atom stereocenters. The third-order valence-electron chi connectivity index (χ3n) is 1.16. The van der Waals surface area contributed by atoms with E-state index in [4.69, 9.17) is 10.9 Å². The fourth-order valence-electron chi connectivity index (χ4n) is 0.439. The van der Waals surface area contributed by atoms with E-state index in [-0.39, 0.29) is 5.84 Å². The van der Waals surface area contributed by atoms with Crippen LogP contribution in [0.3, 0.4) is 0 Å². The summed E-state index contributed by atoms with van der Waals surface area (Å²) >= 11 is 0. The van der Waals surface area contributed by atoms with Crippen LogP contribution >= 0.6 is 0 Å². The molecule has 0 heterocycles. The summed E-state index contributed by atoms with van der Waals surface area (Å²) in [7, 11) is -2.29. The molecule has 12 heavy (non-hydrogen) atoms. The lowest BCUT2D eigenvalue weighted by Crippen LogP contribution is -2.46. The van der Waals surface area contributed by atoms with Crippen LogP contribution in [0.1, 0.15) is 6.92 Å². The summed E-state index contributed by atoms with van der Waals surface area (Å²) in [6, 6.07) is -0.743. The first-order valence-electron chi connectivity index (χ1n) is 3.11. The third-order valence-corrected chi connectivity index (χ3v) is 2.36. The molecule has 0 saturated heterocycles. The second-order valence-corrected chi connectivity index (χ2v) is 3.72. The molecule has 0 aromatic heterocycles. The molecule has 0 aliphatic rings. The smallest absolute Gasteiger partial charge is 0.277 e. The summed E-state index contributed by atoms with van der Waals surface area (Å²) in [5, 5.41) is 10.8. The van der Waals surface area contributed by atoms with Crippen LogP contribution in [0, 0.1) is 0 Å². The number of oxime groups is 1. The van der Waals surface area contributed by atoms with Crippen LogP contribution in [0.25, 0.3) is 0 Å². The second kappa shape index (κ2) is 4.24. The van der Waals surface area contributed by atoms with Crippen LogP contribution in [0.5, 0.6) is 0 Å². The highest BCUT2D eigenvalue weighted by Crippen LogP contribution is 1.84. The van der Waals surface area contributed by atoms with Crippen molar-refractivity contribution < 1.29 is 13.6 Å². The molecule has 0 fully saturated rings. The number of nitrogens with zero attached hydrogens (tertiary/aromatic N) is 1. The molecule has 8 heteroatoms. The van der Waals surface area contributed by atoms with Gasteiger partial charge < -0.3 is 10.9 Å². The highest BCUT2D eigenvalue weighted by atomic mass is 32.2. The van der Waals surface area contributed by atoms with Gasteiger partial charge >= 0.3 is 0 Å². The minimum atomic E-state index is -3.55. The maximum absolute atomic E-state index is 10.8. The van der Waals surface area contributed by atoms with E-state index < -0.39 is 16.3 Å². The van der Waals surface area contributed by atoms with E-state index in [0.29, 0.717) is 0 Å². The monoisotopic (exact) mass is 196 g/mol. The highest BCUT2D eigenvalue weighted by Gasteiger charge is 2.14. The summed E-state index contributed by atoms with van der Waals surface area (Å²) in [6.45, 7) is 1.45. The van der Waals surface area contributed by atoms with Gasteiger partial charge in [0.15, 0.2) is 5.84 Å². The van der Waals surface area contributed by atoms with Crippen molar-refractivity contribution >= 4 is 16.0 Å². The van der Waals surface area contributed by atoms with Gasteiger partial charge in [-0.05, 0) is 6.92 Å². The molecule has 0 spiro atoms. The van der Waals surface area contributed by atoms with Crippen molar-refractivity contribution in [1.82, 2.24) is 9.44 Å². The predicted molar refractivity (Wildman–Crippen MR) is 44.0 cm³/mol. The first-order valence-corrected chi connectivity index (χ1v) is 4.59. The molecule has 0 bridgehead atoms. The lowest BCUT2D eigenvalue weighted by Gasteiger charge is -2.10. The Kier molecular flexibility index (Phi) is 3.93. The molecular weight excluding hydrogens is 184 g/mol. The standard InChI is InChI=1S/C4H12N4O3S/c1-3(4(5)7-9)8-12(10,11)6-2/h3,6,8-9H,1-2H3,(H2,5,7). The zero-order valence-electron chi connectivity index (χ0n) is 6.77. The molecule has 0 rings (SSSR count). The Hall–Kier alpha value is -0.860. The molecule has 0 radical (unpaired) electrons. The van der Waals surface area contributed by atoms with E-state index in [1.807, 2.05) is 4.72 Å². The SMILES string of the molecule is CNS(=O)(=O)NC(C)C(N)=NO. The minimum absolute atomic E-state index is 0.200. The van der Waals surface area contributed by atoms with E-state index in [1.54, 1.807) is 0 Å². The molecule has 0 aromatic carbocycles. The quantitative estimate of drug-likeness (QED) is 0.183. The van der Waals surface area contributed by atoms with Crippen LogP contribution in [-0.4, -0.2) is 32.6 Å². The van der Waals surface area contributed by atoms with E-state index in [1.165, 1.54) is 14.0 Å². The van der Waals surface area contributed by atoms with Gasteiger partial charge in [-0.2, -0.15) is 13.1 Å². The lowest BCUT2D eigenvalue weighted by atomic mass is 10.3. The van der Waals surface area contributed by atoms with Crippen molar-refractivity contribution in [3.05, 3.63) is 0 Å². The Labute approximate surface area is 70.8 Å². The topological polar surface area (TPSA) is 117 Å². The molecular formula is C4H12N4O3S. The average molecular weight is 196 g/mol. The Morgan fingerprint density at radius 1 is 1.67 bits per heavy atom. The first kappa shape index (κ1) is 11.1. The van der Waals surface area contributed by atoms with Gasteiger partial charge in [0.2, 0.25) is 0 Å². The Morgan fingerprint density at radius 2 is 2.17 bits per heavy atom. The van der Waals surface area contributed by atoms with Gasteiger partial charge in [0.25, 0.3) is 10.2 Å². The van der Waals surface area contributed by atoms with Crippen molar-refractivity contribution in [3.8, 4) is 0 Å². The summed E-state index contributed by atoms with van der Waals surface area (Å²) < 4.78 is 25.8. The lowest BCUT2D eigenvalue weighted by molar-refractivity contribution is 0.316. The van der Waals surface area contributed by atoms with Gasteiger partial charge in [0, 0.05) is 7.05 Å². The van der Waals surface area contributed by atoms with E-state index in [2.05, 4.69) is 9.88 Å². The molecule has 5 N–H and O–H groups in total. The van der Waals surface area contributed by atoms with Crippen LogP contribution < -0.4 is 15.2 Å². The van der Waals surface area contributed by atoms with Gasteiger partial charge in [-0.25, -0.2) is 4.72 Å². The zero-order valence-corrected chi connectivity index (χ0v) is 7.59. The van der Waals surface area contributed by atoms with Crippen LogP contribution in [0.15, 0.2) is 5.16 Å². The number of amidine groups is 1. The van der Waals surface area contributed by atoms with Gasteiger partial charge in [-0.15, -0.1) is 0 Å². The van der Waals surface area contributed by atoms with Crippen molar-refractivity contribution in [2.24, 2.45) is 10.9 Å². The Bertz CT molecular complexity index is 259. The Balaban J connectivity index is 4.29. The molecule has 0 aliphatic carbocycles. The summed E-state index contributed by atoms with van der Waals surface area (Å²) in [5.74, 6) is -0.200. The van der Waals surface area contributed by atoms with Gasteiger partial charge in [-0.1, -0.05) is 5.16 Å². The molecule has 1 atom stereocenters. The number of nitrogens with one attached hydrogen (secondary N) is 2. The fraction of sp³-hybridized carbons (Fsp3) is 0.750. The average Bonchev–Trinajstić information content (AvgIpc) is 2.02. The third kappa shape index (κ3) is 3.51. The van der Waals surface area contributed by atoms with Crippen molar-refractivity contribution in [1.29, 1.82) is 0 Å². The van der Waals surface area contributed by atoms with Crippen molar-refractivity contribution in [3.63, 3.8) is 0 Å². The highest BCUT2D eigenvalue weighted by molar-refractivity contribution is 7.87. The second-order valence-electron chi connectivity index (χ2n) is 2.07. The zero-order chi connectivity index (χ0) is 9.78. The molecule has 0 aromatic rings. The first-order chi connectivity index (χ1) is 5.43. The van der Waals surface area contributed by atoms with Gasteiger partial charge in [0.1, 0.15) is 0 Å². The number of rotatable bonds is 4. The summed E-state index contributed by atoms with van der Waals surface area (Å²) in [6.07, 6.45) is 0. The largest absolute Gasteiger partial charge is 0.409 e. The number of nitrogens with two attached hydrogens (primary N) is 1. The van der Waals surface area contributed by atoms with Crippen LogP contribution in [0.4, 0.5) is 0 Å².